The van der Waals surface area contributed by atoms with Crippen molar-refractivity contribution in [2.45, 2.75) is 44.9 Å². The van der Waals surface area contributed by atoms with E-state index >= 15 is 0 Å². The maximum absolute atomic E-state index is 9.90. The van der Waals surface area contributed by atoms with Gasteiger partial charge in [0.05, 0.1) is 30.2 Å². The summed E-state index contributed by atoms with van der Waals surface area (Å²) in [5.74, 6) is 2.63. The second-order valence-electron chi connectivity index (χ2n) is 8.25. The first-order chi connectivity index (χ1) is 12.9. The van der Waals surface area contributed by atoms with E-state index in [1.54, 1.807) is 30.9 Å². The summed E-state index contributed by atoms with van der Waals surface area (Å²) in [5, 5.41) is 24.8. The van der Waals surface area contributed by atoms with Gasteiger partial charge >= 0.3 is 0 Å². The summed E-state index contributed by atoms with van der Waals surface area (Å²) in [4.78, 5) is 8.80. The summed E-state index contributed by atoms with van der Waals surface area (Å²) in [6, 6.07) is 0.400. The molecule has 27 heavy (non-hydrogen) atoms. The molecule has 1 saturated heterocycles. The summed E-state index contributed by atoms with van der Waals surface area (Å²) in [7, 11) is 0. The van der Waals surface area contributed by atoms with Crippen LogP contribution in [-0.4, -0.2) is 49.6 Å². The molecule has 1 aliphatic carbocycles. The fourth-order valence-electron chi connectivity index (χ4n) is 4.05. The van der Waals surface area contributed by atoms with Gasteiger partial charge in [0.15, 0.2) is 5.82 Å². The van der Waals surface area contributed by atoms with Gasteiger partial charge in [-0.15, -0.1) is 0 Å². The molecule has 1 aliphatic heterocycles. The van der Waals surface area contributed by atoms with Crippen molar-refractivity contribution in [3.63, 3.8) is 0 Å². The Hall–Kier alpha value is -1.90. The molecule has 0 spiro atoms. The van der Waals surface area contributed by atoms with Gasteiger partial charge in [-0.2, -0.15) is 10.1 Å². The Balaban J connectivity index is 1.41. The number of fused-ring (bicyclic) bond motifs is 1. The molecular weight excluding hydrogens is 366 g/mol. The second-order valence-corrected chi connectivity index (χ2v) is 8.65. The number of anilines is 3. The molecule has 2 atom stereocenters. The first kappa shape index (κ1) is 18.5. The van der Waals surface area contributed by atoms with Crippen LogP contribution in [0.4, 0.5) is 17.5 Å². The van der Waals surface area contributed by atoms with E-state index in [-0.39, 0.29) is 0 Å². The lowest BCUT2D eigenvalue weighted by Gasteiger charge is -2.16. The van der Waals surface area contributed by atoms with Crippen LogP contribution in [0.5, 0.6) is 0 Å². The van der Waals surface area contributed by atoms with E-state index in [9.17, 15) is 5.11 Å². The van der Waals surface area contributed by atoms with Gasteiger partial charge in [0.25, 0.3) is 0 Å². The molecule has 0 bridgehead atoms. The van der Waals surface area contributed by atoms with Crippen LogP contribution in [-0.2, 0) is 6.54 Å². The molecule has 146 valence electrons. The van der Waals surface area contributed by atoms with Gasteiger partial charge in [-0.1, -0.05) is 11.6 Å². The minimum Gasteiger partial charge on any atom is -0.389 e. The van der Waals surface area contributed by atoms with E-state index in [0.717, 1.165) is 43.5 Å². The first-order valence-electron chi connectivity index (χ1n) is 9.37. The lowest BCUT2D eigenvalue weighted by atomic mass is 10.0. The van der Waals surface area contributed by atoms with Gasteiger partial charge in [-0.05, 0) is 51.6 Å². The smallest absolute Gasteiger partial charge is 0.229 e. The maximum Gasteiger partial charge on any atom is 0.229 e. The van der Waals surface area contributed by atoms with Crippen LogP contribution in [0.25, 0.3) is 0 Å². The number of hydrogen-bond donors (Lipinski definition) is 4. The average Bonchev–Trinajstić information content (AvgIpc) is 3.26. The number of halogens is 1. The molecule has 2 fully saturated rings. The molecule has 2 aliphatic rings. The molecule has 2 aromatic heterocycles. The fraction of sp³-hybridized carbons (Fsp3) is 0.611. The highest BCUT2D eigenvalue weighted by Crippen LogP contribution is 2.36. The highest BCUT2D eigenvalue weighted by atomic mass is 35.5. The van der Waals surface area contributed by atoms with Crippen LogP contribution in [0.3, 0.4) is 0 Å². The molecule has 4 N–H and O–H groups in total. The van der Waals surface area contributed by atoms with Gasteiger partial charge < -0.3 is 21.1 Å². The Morgan fingerprint density at radius 2 is 2.04 bits per heavy atom. The van der Waals surface area contributed by atoms with Crippen molar-refractivity contribution < 1.29 is 5.11 Å². The standard InChI is InChI=1S/C18H26ClN7O/c1-18(2,27)10-26-9-14(7-22-26)24-17-21-8-15(19)16(25-17)23-13-3-11-5-20-6-12(11)4-13/h7-9,11-13,20,27H,3-6,10H2,1-2H3,(H2,21,23,24,25). The zero-order valence-corrected chi connectivity index (χ0v) is 16.4. The number of aliphatic hydroxyl groups is 1. The van der Waals surface area contributed by atoms with Gasteiger partial charge in [-0.25, -0.2) is 4.98 Å². The Morgan fingerprint density at radius 3 is 2.74 bits per heavy atom. The minimum absolute atomic E-state index is 0.400. The van der Waals surface area contributed by atoms with E-state index in [1.807, 2.05) is 6.20 Å². The van der Waals surface area contributed by atoms with E-state index in [1.165, 1.54) is 0 Å². The molecular formula is C18H26ClN7O. The van der Waals surface area contributed by atoms with Gasteiger partial charge in [0.1, 0.15) is 5.02 Å². The van der Waals surface area contributed by atoms with Crippen molar-refractivity contribution in [1.29, 1.82) is 0 Å². The Morgan fingerprint density at radius 1 is 1.30 bits per heavy atom. The molecule has 3 heterocycles. The lowest BCUT2D eigenvalue weighted by molar-refractivity contribution is 0.0578. The van der Waals surface area contributed by atoms with Gasteiger partial charge in [-0.3, -0.25) is 4.68 Å². The zero-order chi connectivity index (χ0) is 19.0. The van der Waals surface area contributed by atoms with Crippen LogP contribution in [0.1, 0.15) is 26.7 Å². The summed E-state index contributed by atoms with van der Waals surface area (Å²) in [6.45, 7) is 6.12. The van der Waals surface area contributed by atoms with E-state index in [2.05, 4.69) is 31.0 Å². The molecule has 2 unspecified atom stereocenters. The molecule has 8 nitrogen and oxygen atoms in total. The van der Waals surface area contributed by atoms with Crippen LogP contribution >= 0.6 is 11.6 Å². The number of hydrogen-bond acceptors (Lipinski definition) is 7. The maximum atomic E-state index is 9.90. The number of aromatic nitrogens is 4. The predicted molar refractivity (Wildman–Crippen MR) is 105 cm³/mol. The van der Waals surface area contributed by atoms with E-state index in [0.29, 0.717) is 29.4 Å². The molecule has 1 saturated carbocycles. The number of nitrogens with zero attached hydrogens (tertiary/aromatic N) is 4. The molecule has 0 amide bonds. The van der Waals surface area contributed by atoms with Gasteiger partial charge in [0, 0.05) is 12.2 Å². The molecule has 0 aromatic carbocycles. The molecule has 0 radical (unpaired) electrons. The SMILES string of the molecule is CC(C)(O)Cn1cc(Nc2ncc(Cl)c(NC3CC4CNCC4C3)n2)cn1. The van der Waals surface area contributed by atoms with Crippen molar-refractivity contribution in [3.05, 3.63) is 23.6 Å². The summed E-state index contributed by atoms with van der Waals surface area (Å²) >= 11 is 6.30. The normalized spacial score (nSPS) is 24.8. The van der Waals surface area contributed by atoms with Crippen molar-refractivity contribution in [2.75, 3.05) is 23.7 Å². The summed E-state index contributed by atoms with van der Waals surface area (Å²) < 4.78 is 1.68. The minimum atomic E-state index is -0.827. The highest BCUT2D eigenvalue weighted by Gasteiger charge is 2.37. The average molecular weight is 392 g/mol. The van der Waals surface area contributed by atoms with Crippen LogP contribution < -0.4 is 16.0 Å². The molecule has 4 rings (SSSR count). The third kappa shape index (κ3) is 4.51. The Labute approximate surface area is 163 Å². The zero-order valence-electron chi connectivity index (χ0n) is 15.6. The molecule has 9 heteroatoms. The predicted octanol–water partition coefficient (Wildman–Crippen LogP) is 2.25. The Kier molecular flexibility index (Phi) is 4.96. The largest absolute Gasteiger partial charge is 0.389 e. The third-order valence-electron chi connectivity index (χ3n) is 5.18. The second kappa shape index (κ2) is 7.26. The van der Waals surface area contributed by atoms with Crippen molar-refractivity contribution in [3.8, 4) is 0 Å². The summed E-state index contributed by atoms with van der Waals surface area (Å²) in [6.07, 6.45) is 7.39. The Bertz CT molecular complexity index is 791. The topological polar surface area (TPSA) is 99.9 Å². The monoisotopic (exact) mass is 391 g/mol. The van der Waals surface area contributed by atoms with Gasteiger partial charge in [0.2, 0.25) is 5.95 Å². The molecule has 2 aromatic rings. The van der Waals surface area contributed by atoms with Crippen LogP contribution in [0.2, 0.25) is 5.02 Å². The number of rotatable bonds is 6. The lowest BCUT2D eigenvalue weighted by Crippen LogP contribution is -2.26. The highest BCUT2D eigenvalue weighted by molar-refractivity contribution is 6.32. The quantitative estimate of drug-likeness (QED) is 0.599. The van der Waals surface area contributed by atoms with Crippen LogP contribution in [0.15, 0.2) is 18.6 Å². The van der Waals surface area contributed by atoms with Crippen molar-refractivity contribution in [1.82, 2.24) is 25.1 Å². The fourth-order valence-corrected chi connectivity index (χ4v) is 4.19. The first-order valence-corrected chi connectivity index (χ1v) is 9.75. The van der Waals surface area contributed by atoms with Crippen LogP contribution in [0, 0.1) is 11.8 Å². The van der Waals surface area contributed by atoms with Crippen molar-refractivity contribution >= 4 is 29.1 Å². The van der Waals surface area contributed by atoms with E-state index < -0.39 is 5.60 Å². The van der Waals surface area contributed by atoms with E-state index in [4.69, 9.17) is 11.6 Å². The third-order valence-corrected chi connectivity index (χ3v) is 5.45. The number of nitrogens with one attached hydrogen (secondary N) is 3. The van der Waals surface area contributed by atoms with Crippen molar-refractivity contribution in [2.24, 2.45) is 11.8 Å². The summed E-state index contributed by atoms with van der Waals surface area (Å²) in [5.41, 5.74) is -0.0688.